The van der Waals surface area contributed by atoms with E-state index in [2.05, 4.69) is 14.9 Å². The largest absolute Gasteiger partial charge is 0.420 e. The molecule has 3 heterocycles. The van der Waals surface area contributed by atoms with E-state index in [1.165, 1.54) is 22.8 Å². The minimum Gasteiger partial charge on any atom is -0.408 e. The summed E-state index contributed by atoms with van der Waals surface area (Å²) in [7, 11) is -3.74. The molecule has 0 radical (unpaired) electrons. The zero-order chi connectivity index (χ0) is 19.0. The molecule has 0 bridgehead atoms. The molecule has 0 amide bonds. The van der Waals surface area contributed by atoms with Gasteiger partial charge in [-0.2, -0.15) is 4.98 Å². The standard InChI is InChI=1S/C16H18N4O6S/c1-10-18-15(19-26-10)9-20-13-5-4-12(7-14(13)25-16(20)21)27(22,23)17-8-11-3-2-6-24-11/h4-5,7,11,17H,2-3,6,8-9H2,1H3. The van der Waals surface area contributed by atoms with Gasteiger partial charge in [0, 0.05) is 26.1 Å². The van der Waals surface area contributed by atoms with Gasteiger partial charge in [0.1, 0.15) is 0 Å². The summed E-state index contributed by atoms with van der Waals surface area (Å²) in [6.45, 7) is 2.57. The summed E-state index contributed by atoms with van der Waals surface area (Å²) in [4.78, 5) is 16.2. The van der Waals surface area contributed by atoms with Gasteiger partial charge in [-0.3, -0.25) is 4.57 Å². The summed E-state index contributed by atoms with van der Waals surface area (Å²) >= 11 is 0. The molecule has 1 aromatic carbocycles. The second-order valence-electron chi connectivity index (χ2n) is 6.30. The maximum absolute atomic E-state index is 12.5. The lowest BCUT2D eigenvalue weighted by atomic mass is 10.2. The van der Waals surface area contributed by atoms with Crippen molar-refractivity contribution < 1.29 is 22.1 Å². The molecule has 1 fully saturated rings. The first-order chi connectivity index (χ1) is 12.9. The number of hydrogen-bond acceptors (Lipinski definition) is 8. The Kier molecular flexibility index (Phi) is 4.58. The smallest absolute Gasteiger partial charge is 0.408 e. The second-order valence-corrected chi connectivity index (χ2v) is 8.07. The van der Waals surface area contributed by atoms with Crippen LogP contribution in [0.4, 0.5) is 0 Å². The Morgan fingerprint density at radius 3 is 2.93 bits per heavy atom. The van der Waals surface area contributed by atoms with Gasteiger partial charge < -0.3 is 13.7 Å². The quantitative estimate of drug-likeness (QED) is 0.650. The summed E-state index contributed by atoms with van der Waals surface area (Å²) < 4.78 is 44.3. The van der Waals surface area contributed by atoms with Crippen LogP contribution < -0.4 is 10.5 Å². The van der Waals surface area contributed by atoms with E-state index in [0.717, 1.165) is 12.8 Å². The third kappa shape index (κ3) is 3.66. The number of rotatable bonds is 6. The molecule has 1 unspecified atom stereocenters. The molecule has 3 aromatic rings. The van der Waals surface area contributed by atoms with Gasteiger partial charge >= 0.3 is 5.76 Å². The highest BCUT2D eigenvalue weighted by molar-refractivity contribution is 7.89. The van der Waals surface area contributed by atoms with Crippen molar-refractivity contribution in [2.24, 2.45) is 0 Å². The average Bonchev–Trinajstić information content (AvgIpc) is 3.35. The molecular weight excluding hydrogens is 376 g/mol. The van der Waals surface area contributed by atoms with Gasteiger partial charge in [0.15, 0.2) is 11.4 Å². The fourth-order valence-corrected chi connectivity index (χ4v) is 4.08. The van der Waals surface area contributed by atoms with Crippen molar-refractivity contribution in [3.05, 3.63) is 40.5 Å². The summed E-state index contributed by atoms with van der Waals surface area (Å²) in [5.74, 6) is 0.0816. The van der Waals surface area contributed by atoms with Crippen LogP contribution in [-0.4, -0.2) is 42.4 Å². The van der Waals surface area contributed by atoms with Crippen molar-refractivity contribution in [1.82, 2.24) is 19.4 Å². The van der Waals surface area contributed by atoms with E-state index in [-0.39, 0.29) is 29.7 Å². The molecule has 11 heteroatoms. The SMILES string of the molecule is Cc1nc(Cn2c(=O)oc3cc(S(=O)(=O)NCC4CCCO4)ccc32)no1. The van der Waals surface area contributed by atoms with Gasteiger partial charge in [0.25, 0.3) is 0 Å². The number of hydrogen-bond donors (Lipinski definition) is 1. The number of nitrogens with one attached hydrogen (secondary N) is 1. The van der Waals surface area contributed by atoms with Crippen LogP contribution in [0.1, 0.15) is 24.6 Å². The Hall–Kier alpha value is -2.50. The molecule has 2 aromatic heterocycles. The minimum absolute atomic E-state index is 0.0179. The molecule has 10 nitrogen and oxygen atoms in total. The molecule has 0 aliphatic carbocycles. The van der Waals surface area contributed by atoms with Gasteiger partial charge in [0.2, 0.25) is 15.9 Å². The van der Waals surface area contributed by atoms with Crippen molar-refractivity contribution in [3.63, 3.8) is 0 Å². The number of aromatic nitrogens is 3. The highest BCUT2D eigenvalue weighted by Gasteiger charge is 2.22. The average molecular weight is 394 g/mol. The van der Waals surface area contributed by atoms with Gasteiger partial charge in [-0.05, 0) is 25.0 Å². The van der Waals surface area contributed by atoms with Crippen molar-refractivity contribution in [3.8, 4) is 0 Å². The van der Waals surface area contributed by atoms with E-state index in [0.29, 0.717) is 23.8 Å². The van der Waals surface area contributed by atoms with E-state index < -0.39 is 15.8 Å². The third-order valence-electron chi connectivity index (χ3n) is 4.34. The molecule has 0 spiro atoms. The van der Waals surface area contributed by atoms with Crippen LogP contribution in [0, 0.1) is 6.92 Å². The summed E-state index contributed by atoms with van der Waals surface area (Å²) in [6.07, 6.45) is 1.65. The van der Waals surface area contributed by atoms with Crippen LogP contribution >= 0.6 is 0 Å². The number of oxazole rings is 1. The molecule has 27 heavy (non-hydrogen) atoms. The maximum atomic E-state index is 12.5. The lowest BCUT2D eigenvalue weighted by molar-refractivity contribution is 0.114. The highest BCUT2D eigenvalue weighted by atomic mass is 32.2. The second kappa shape index (κ2) is 6.91. The molecule has 1 atom stereocenters. The molecular formula is C16H18N4O6S. The number of sulfonamides is 1. The van der Waals surface area contributed by atoms with Crippen molar-refractivity contribution >= 4 is 21.1 Å². The lowest BCUT2D eigenvalue weighted by Gasteiger charge is -2.11. The van der Waals surface area contributed by atoms with E-state index in [4.69, 9.17) is 13.7 Å². The van der Waals surface area contributed by atoms with Gasteiger partial charge in [-0.1, -0.05) is 5.16 Å². The first-order valence-electron chi connectivity index (χ1n) is 8.46. The third-order valence-corrected chi connectivity index (χ3v) is 5.77. The fraction of sp³-hybridized carbons (Fsp3) is 0.438. The molecule has 0 saturated carbocycles. The van der Waals surface area contributed by atoms with Crippen molar-refractivity contribution in [1.29, 1.82) is 0 Å². The lowest BCUT2D eigenvalue weighted by Crippen LogP contribution is -2.31. The van der Waals surface area contributed by atoms with Crippen LogP contribution in [0.3, 0.4) is 0 Å². The maximum Gasteiger partial charge on any atom is 0.420 e. The van der Waals surface area contributed by atoms with Crippen LogP contribution in [0.5, 0.6) is 0 Å². The van der Waals surface area contributed by atoms with E-state index >= 15 is 0 Å². The first kappa shape index (κ1) is 17.9. The van der Waals surface area contributed by atoms with Gasteiger partial charge in [-0.25, -0.2) is 17.9 Å². The van der Waals surface area contributed by atoms with Crippen molar-refractivity contribution in [2.45, 2.75) is 37.3 Å². The summed E-state index contributed by atoms with van der Waals surface area (Å²) in [5.41, 5.74) is 0.612. The number of benzene rings is 1. The van der Waals surface area contributed by atoms with Crippen LogP contribution in [0.25, 0.3) is 11.1 Å². The molecule has 1 aliphatic rings. The van der Waals surface area contributed by atoms with E-state index in [1.54, 1.807) is 6.92 Å². The predicted molar refractivity (Wildman–Crippen MR) is 92.8 cm³/mol. The Morgan fingerprint density at radius 2 is 2.22 bits per heavy atom. The van der Waals surface area contributed by atoms with Crippen LogP contribution in [0.2, 0.25) is 0 Å². The molecule has 1 N–H and O–H groups in total. The molecule has 1 saturated heterocycles. The van der Waals surface area contributed by atoms with Crippen molar-refractivity contribution in [2.75, 3.05) is 13.2 Å². The molecule has 1 aliphatic heterocycles. The molecule has 4 rings (SSSR count). The number of aryl methyl sites for hydroxylation is 1. The normalized spacial score (nSPS) is 17.7. The summed E-state index contributed by atoms with van der Waals surface area (Å²) in [5, 5.41) is 3.75. The van der Waals surface area contributed by atoms with E-state index in [9.17, 15) is 13.2 Å². The Labute approximate surface area is 154 Å². The Morgan fingerprint density at radius 1 is 1.37 bits per heavy atom. The fourth-order valence-electron chi connectivity index (χ4n) is 3.00. The predicted octanol–water partition coefficient (Wildman–Crippen LogP) is 0.792. The minimum atomic E-state index is -3.74. The number of ether oxygens (including phenoxy) is 1. The number of fused-ring (bicyclic) bond motifs is 1. The first-order valence-corrected chi connectivity index (χ1v) is 9.94. The Balaban J connectivity index is 1.59. The van der Waals surface area contributed by atoms with Crippen LogP contribution in [0.15, 0.2) is 36.8 Å². The number of nitrogens with zero attached hydrogens (tertiary/aromatic N) is 3. The zero-order valence-corrected chi connectivity index (χ0v) is 15.4. The van der Waals surface area contributed by atoms with Gasteiger partial charge in [-0.15, -0.1) is 0 Å². The molecule has 144 valence electrons. The topological polar surface area (TPSA) is 129 Å². The zero-order valence-electron chi connectivity index (χ0n) is 14.5. The monoisotopic (exact) mass is 394 g/mol. The highest BCUT2D eigenvalue weighted by Crippen LogP contribution is 2.20. The van der Waals surface area contributed by atoms with E-state index in [1.807, 2.05) is 0 Å². The van der Waals surface area contributed by atoms with Gasteiger partial charge in [0.05, 0.1) is 23.1 Å². The summed E-state index contributed by atoms with van der Waals surface area (Å²) in [6, 6.07) is 4.27. The Bertz CT molecular complexity index is 1120. The van der Waals surface area contributed by atoms with Crippen LogP contribution in [-0.2, 0) is 21.3 Å².